The molecular formula is C45H29N3O. The van der Waals surface area contributed by atoms with Crippen LogP contribution < -0.4 is 0 Å². The van der Waals surface area contributed by atoms with Crippen LogP contribution in [-0.4, -0.2) is 15.0 Å². The van der Waals surface area contributed by atoms with Crippen molar-refractivity contribution in [1.29, 1.82) is 0 Å². The standard InChI is InChI=1S/C45H29N3O/c1-4-16-31(17-5-1)40-29-41(32-18-6-2-7-19-32)47-44(46-40)37-24-13-12-23-35(37)36-28-27-30-15-10-11-22-34(30)42(36)38-25-14-26-39-43(38)49-45(48-39)33-20-8-3-9-21-33/h1-29H. The molecule has 9 aromatic rings. The lowest BCUT2D eigenvalue weighted by molar-refractivity contribution is 0.621. The molecular weight excluding hydrogens is 599 g/mol. The summed E-state index contributed by atoms with van der Waals surface area (Å²) in [6, 6.07) is 60.3. The highest BCUT2D eigenvalue weighted by atomic mass is 16.3. The van der Waals surface area contributed by atoms with Crippen molar-refractivity contribution in [3.05, 3.63) is 176 Å². The molecule has 0 unspecified atom stereocenters. The largest absolute Gasteiger partial charge is 0.435 e. The van der Waals surface area contributed by atoms with E-state index < -0.39 is 0 Å². The number of benzene rings is 7. The van der Waals surface area contributed by atoms with Crippen LogP contribution in [0.15, 0.2) is 180 Å². The van der Waals surface area contributed by atoms with Crippen LogP contribution in [0.2, 0.25) is 0 Å². The van der Waals surface area contributed by atoms with Gasteiger partial charge in [-0.25, -0.2) is 15.0 Å². The number of fused-ring (bicyclic) bond motifs is 2. The van der Waals surface area contributed by atoms with Crippen LogP contribution in [0.3, 0.4) is 0 Å². The number of rotatable bonds is 6. The molecule has 0 aliphatic carbocycles. The van der Waals surface area contributed by atoms with Gasteiger partial charge in [-0.2, -0.15) is 0 Å². The Morgan fingerprint density at radius 2 is 0.959 bits per heavy atom. The Balaban J connectivity index is 1.30. The van der Waals surface area contributed by atoms with Crippen molar-refractivity contribution in [2.24, 2.45) is 0 Å². The highest BCUT2D eigenvalue weighted by Gasteiger charge is 2.21. The molecule has 0 atom stereocenters. The Labute approximate surface area is 284 Å². The van der Waals surface area contributed by atoms with E-state index in [1.807, 2.05) is 72.8 Å². The summed E-state index contributed by atoms with van der Waals surface area (Å²) < 4.78 is 6.59. The molecule has 0 spiro atoms. The van der Waals surface area contributed by atoms with Gasteiger partial charge in [0.2, 0.25) is 5.89 Å². The maximum atomic E-state index is 6.59. The molecule has 0 saturated carbocycles. The first-order valence-corrected chi connectivity index (χ1v) is 16.4. The van der Waals surface area contributed by atoms with Gasteiger partial charge in [-0.05, 0) is 46.2 Å². The summed E-state index contributed by atoms with van der Waals surface area (Å²) in [5.74, 6) is 1.27. The van der Waals surface area contributed by atoms with Crippen molar-refractivity contribution in [1.82, 2.24) is 15.0 Å². The average Bonchev–Trinajstić information content (AvgIpc) is 3.63. The molecule has 9 rings (SSSR count). The van der Waals surface area contributed by atoms with Gasteiger partial charge in [0.1, 0.15) is 5.52 Å². The van der Waals surface area contributed by atoms with E-state index in [4.69, 9.17) is 19.4 Å². The van der Waals surface area contributed by atoms with Gasteiger partial charge in [0.15, 0.2) is 11.4 Å². The van der Waals surface area contributed by atoms with Crippen LogP contribution in [-0.2, 0) is 0 Å². The maximum absolute atomic E-state index is 6.59. The number of hydrogen-bond acceptors (Lipinski definition) is 4. The summed E-state index contributed by atoms with van der Waals surface area (Å²) in [5.41, 5.74) is 11.4. The van der Waals surface area contributed by atoms with Gasteiger partial charge in [-0.3, -0.25) is 0 Å². The van der Waals surface area contributed by atoms with Crippen LogP contribution in [0.1, 0.15) is 0 Å². The molecule has 2 heterocycles. The number of oxazole rings is 1. The van der Waals surface area contributed by atoms with Crippen LogP contribution in [0.4, 0.5) is 0 Å². The average molecular weight is 628 g/mol. The van der Waals surface area contributed by atoms with E-state index in [9.17, 15) is 0 Å². The molecule has 4 nitrogen and oxygen atoms in total. The van der Waals surface area contributed by atoms with Crippen molar-refractivity contribution in [2.45, 2.75) is 0 Å². The summed E-state index contributed by atoms with van der Waals surface area (Å²) in [6.45, 7) is 0. The smallest absolute Gasteiger partial charge is 0.227 e. The summed E-state index contributed by atoms with van der Waals surface area (Å²) >= 11 is 0. The lowest BCUT2D eigenvalue weighted by Crippen LogP contribution is -1.98. The highest BCUT2D eigenvalue weighted by molar-refractivity contribution is 6.10. The first-order chi connectivity index (χ1) is 24.3. The fourth-order valence-electron chi connectivity index (χ4n) is 6.63. The lowest BCUT2D eigenvalue weighted by atomic mass is 9.87. The SMILES string of the molecule is c1ccc(-c2cc(-c3ccccc3)nc(-c3ccccc3-c3ccc4ccccc4c3-c3cccc4nc(-c5ccccc5)oc34)n2)cc1. The molecule has 230 valence electrons. The van der Waals surface area contributed by atoms with E-state index >= 15 is 0 Å². The zero-order chi connectivity index (χ0) is 32.6. The summed E-state index contributed by atoms with van der Waals surface area (Å²) in [7, 11) is 0. The Morgan fingerprint density at radius 1 is 0.388 bits per heavy atom. The van der Waals surface area contributed by atoms with Gasteiger partial charge >= 0.3 is 0 Å². The van der Waals surface area contributed by atoms with Crippen molar-refractivity contribution >= 4 is 21.9 Å². The minimum absolute atomic E-state index is 0.602. The minimum atomic E-state index is 0.602. The molecule has 0 amide bonds. The van der Waals surface area contributed by atoms with Gasteiger partial charge in [0.25, 0.3) is 0 Å². The normalized spacial score (nSPS) is 11.3. The molecule has 0 aliphatic rings. The third-order valence-electron chi connectivity index (χ3n) is 8.96. The van der Waals surface area contributed by atoms with E-state index in [2.05, 4.69) is 103 Å². The second-order valence-corrected chi connectivity index (χ2v) is 12.0. The number of aromatic nitrogens is 3. The zero-order valence-electron chi connectivity index (χ0n) is 26.5. The fourth-order valence-corrected chi connectivity index (χ4v) is 6.63. The third kappa shape index (κ3) is 5.26. The van der Waals surface area contributed by atoms with Crippen molar-refractivity contribution in [3.8, 4) is 67.6 Å². The molecule has 2 aromatic heterocycles. The molecule has 0 radical (unpaired) electrons. The van der Waals surface area contributed by atoms with Gasteiger partial charge in [0, 0.05) is 33.4 Å². The lowest BCUT2D eigenvalue weighted by Gasteiger charge is -2.17. The van der Waals surface area contributed by atoms with E-state index in [1.54, 1.807) is 0 Å². The topological polar surface area (TPSA) is 51.8 Å². The van der Waals surface area contributed by atoms with Crippen molar-refractivity contribution < 1.29 is 4.42 Å². The van der Waals surface area contributed by atoms with Gasteiger partial charge < -0.3 is 4.42 Å². The molecule has 0 N–H and O–H groups in total. The third-order valence-corrected chi connectivity index (χ3v) is 8.96. The quantitative estimate of drug-likeness (QED) is 0.184. The van der Waals surface area contributed by atoms with Crippen molar-refractivity contribution in [3.63, 3.8) is 0 Å². The predicted octanol–water partition coefficient (Wildman–Crippen LogP) is 11.8. The van der Waals surface area contributed by atoms with Crippen LogP contribution in [0.25, 0.3) is 89.5 Å². The van der Waals surface area contributed by atoms with Crippen molar-refractivity contribution in [2.75, 3.05) is 0 Å². The number of nitrogens with zero attached hydrogens (tertiary/aromatic N) is 3. The van der Waals surface area contributed by atoms with E-state index in [1.165, 1.54) is 0 Å². The second-order valence-electron chi connectivity index (χ2n) is 12.0. The Morgan fingerprint density at radius 3 is 1.65 bits per heavy atom. The Bertz CT molecular complexity index is 2540. The van der Waals surface area contributed by atoms with E-state index in [0.29, 0.717) is 11.7 Å². The van der Waals surface area contributed by atoms with E-state index in [0.717, 1.165) is 77.8 Å². The minimum Gasteiger partial charge on any atom is -0.435 e. The highest BCUT2D eigenvalue weighted by Crippen LogP contribution is 2.44. The maximum Gasteiger partial charge on any atom is 0.227 e. The molecule has 7 aromatic carbocycles. The Hall–Kier alpha value is -6.65. The summed E-state index contributed by atoms with van der Waals surface area (Å²) in [5, 5.41) is 2.27. The number of para-hydroxylation sites is 1. The first kappa shape index (κ1) is 28.6. The molecule has 0 saturated heterocycles. The van der Waals surface area contributed by atoms with E-state index in [-0.39, 0.29) is 0 Å². The van der Waals surface area contributed by atoms with Crippen LogP contribution in [0, 0.1) is 0 Å². The second kappa shape index (κ2) is 12.2. The van der Waals surface area contributed by atoms with Gasteiger partial charge in [0.05, 0.1) is 11.4 Å². The molecule has 0 bridgehead atoms. The predicted molar refractivity (Wildman–Crippen MR) is 200 cm³/mol. The monoisotopic (exact) mass is 627 g/mol. The van der Waals surface area contributed by atoms with Gasteiger partial charge in [-0.15, -0.1) is 0 Å². The van der Waals surface area contributed by atoms with Crippen LogP contribution >= 0.6 is 0 Å². The van der Waals surface area contributed by atoms with Crippen LogP contribution in [0.5, 0.6) is 0 Å². The Kier molecular flexibility index (Phi) is 7.10. The zero-order valence-corrected chi connectivity index (χ0v) is 26.5. The molecule has 0 fully saturated rings. The summed E-state index contributed by atoms with van der Waals surface area (Å²) in [6.07, 6.45) is 0. The molecule has 4 heteroatoms. The molecule has 0 aliphatic heterocycles. The fraction of sp³-hybridized carbons (Fsp3) is 0. The van der Waals surface area contributed by atoms with Gasteiger partial charge in [-0.1, -0.05) is 152 Å². The first-order valence-electron chi connectivity index (χ1n) is 16.4. The molecule has 49 heavy (non-hydrogen) atoms. The summed E-state index contributed by atoms with van der Waals surface area (Å²) in [4.78, 5) is 15.3. The number of hydrogen-bond donors (Lipinski definition) is 0.